The number of rotatable bonds is 9. The van der Waals surface area contributed by atoms with Gasteiger partial charge < -0.3 is 19.9 Å². The van der Waals surface area contributed by atoms with Crippen LogP contribution >= 0.6 is 23.4 Å². The van der Waals surface area contributed by atoms with Gasteiger partial charge in [0, 0.05) is 47.3 Å². The molecule has 4 rings (SSSR count). The van der Waals surface area contributed by atoms with E-state index in [9.17, 15) is 20.0 Å². The van der Waals surface area contributed by atoms with Gasteiger partial charge in [-0.2, -0.15) is 5.26 Å². The Morgan fingerprint density at radius 2 is 2.00 bits per heavy atom. The fraction of sp³-hybridized carbons (Fsp3) is 0.480. The molecule has 0 radical (unpaired) electrons. The summed E-state index contributed by atoms with van der Waals surface area (Å²) in [5.41, 5.74) is 1.72. The van der Waals surface area contributed by atoms with Crippen LogP contribution in [0.25, 0.3) is 0 Å². The Hall–Kier alpha value is -2.47. The number of aliphatic hydroxyl groups is 1. The fourth-order valence-electron chi connectivity index (χ4n) is 4.48. The molecule has 1 aromatic carbocycles. The summed E-state index contributed by atoms with van der Waals surface area (Å²) >= 11 is 7.77. The van der Waals surface area contributed by atoms with Gasteiger partial charge in [-0.25, -0.2) is 0 Å². The lowest BCUT2D eigenvalue weighted by molar-refractivity contribution is 0.0699. The Morgan fingerprint density at radius 3 is 2.62 bits per heavy atom. The van der Waals surface area contributed by atoms with E-state index in [2.05, 4.69) is 25.2 Å². The lowest BCUT2D eigenvalue weighted by Gasteiger charge is -2.35. The minimum absolute atomic E-state index is 0.0138. The molecule has 1 aliphatic carbocycles. The summed E-state index contributed by atoms with van der Waals surface area (Å²) in [5, 5.41) is 22.5. The quantitative estimate of drug-likeness (QED) is 0.545. The number of nitrogens with zero attached hydrogens (tertiary/aromatic N) is 3. The topological polar surface area (TPSA) is 98.4 Å². The maximum atomic E-state index is 13.3. The molecule has 2 aliphatic rings. The fourth-order valence-corrected chi connectivity index (χ4v) is 6.50. The molecule has 1 aliphatic heterocycles. The number of aliphatic hydroxyl groups excluding tert-OH is 1. The standard InChI is InChI=1S/C25H29ClN4O3S/c1-24(2,9-12-31)34-25(7-8-25)16-29-10-11-30-20(23(29)33)13-18(14-27)21(30)22(32)28-15-17-3-5-19(26)6-4-17/h3-6,13,31H,7-12,15-16H2,1-2H3,(H,28,32). The van der Waals surface area contributed by atoms with Crippen LogP contribution < -0.4 is 5.32 Å². The first-order valence-corrected chi connectivity index (χ1v) is 12.6. The number of thioether (sulfide) groups is 1. The van der Waals surface area contributed by atoms with Gasteiger partial charge in [0.2, 0.25) is 0 Å². The maximum absolute atomic E-state index is 13.3. The van der Waals surface area contributed by atoms with Crippen LogP contribution in [-0.4, -0.2) is 55.6 Å². The summed E-state index contributed by atoms with van der Waals surface area (Å²) in [5.74, 6) is -0.523. The van der Waals surface area contributed by atoms with Crippen LogP contribution in [0.3, 0.4) is 0 Å². The van der Waals surface area contributed by atoms with Crippen LogP contribution in [0.4, 0.5) is 0 Å². The molecule has 9 heteroatoms. The summed E-state index contributed by atoms with van der Waals surface area (Å²) in [6.45, 7) is 6.29. The zero-order valence-electron chi connectivity index (χ0n) is 19.4. The van der Waals surface area contributed by atoms with Gasteiger partial charge in [0.05, 0.1) is 5.56 Å². The molecule has 2 N–H and O–H groups in total. The van der Waals surface area contributed by atoms with Crippen LogP contribution in [0.1, 0.15) is 65.2 Å². The van der Waals surface area contributed by atoms with Crippen LogP contribution in [0, 0.1) is 11.3 Å². The molecule has 0 unspecified atom stereocenters. The number of nitriles is 1. The van der Waals surface area contributed by atoms with Crippen molar-refractivity contribution in [1.29, 1.82) is 5.26 Å². The molecular formula is C25H29ClN4O3S. The SMILES string of the molecule is CC(C)(CCO)SC1(CN2CCn3c(cc(C#N)c3C(=O)NCc3ccc(Cl)cc3)C2=O)CC1. The van der Waals surface area contributed by atoms with Crippen LogP contribution in [-0.2, 0) is 13.1 Å². The molecule has 0 saturated heterocycles. The summed E-state index contributed by atoms with van der Waals surface area (Å²) in [6.07, 6.45) is 2.79. The highest BCUT2D eigenvalue weighted by Gasteiger charge is 2.49. The van der Waals surface area contributed by atoms with Gasteiger partial charge in [-0.1, -0.05) is 37.6 Å². The monoisotopic (exact) mass is 500 g/mol. The van der Waals surface area contributed by atoms with E-state index in [1.54, 1.807) is 16.7 Å². The van der Waals surface area contributed by atoms with Crippen molar-refractivity contribution in [2.24, 2.45) is 0 Å². The normalized spacial score (nSPS) is 16.7. The van der Waals surface area contributed by atoms with Crippen LogP contribution in [0.15, 0.2) is 30.3 Å². The zero-order chi connectivity index (χ0) is 24.5. The highest BCUT2D eigenvalue weighted by Crippen LogP contribution is 2.54. The van der Waals surface area contributed by atoms with Crippen molar-refractivity contribution >= 4 is 35.2 Å². The first-order valence-electron chi connectivity index (χ1n) is 11.4. The number of carbonyl (C=O) groups is 2. The van der Waals surface area contributed by atoms with E-state index in [4.69, 9.17) is 11.6 Å². The zero-order valence-corrected chi connectivity index (χ0v) is 21.0. The summed E-state index contributed by atoms with van der Waals surface area (Å²) < 4.78 is 1.63. The predicted octanol–water partition coefficient (Wildman–Crippen LogP) is 3.83. The van der Waals surface area contributed by atoms with Crippen LogP contribution in [0.5, 0.6) is 0 Å². The third kappa shape index (κ3) is 5.27. The summed E-state index contributed by atoms with van der Waals surface area (Å²) in [7, 11) is 0. The highest BCUT2D eigenvalue weighted by atomic mass is 35.5. The first-order chi connectivity index (χ1) is 16.2. The number of fused-ring (bicyclic) bond motifs is 1. The molecule has 34 heavy (non-hydrogen) atoms. The van der Waals surface area contributed by atoms with E-state index >= 15 is 0 Å². The van der Waals surface area contributed by atoms with E-state index in [1.165, 1.54) is 6.07 Å². The minimum atomic E-state index is -0.376. The van der Waals surface area contributed by atoms with Crippen molar-refractivity contribution in [2.45, 2.75) is 55.7 Å². The lowest BCUT2D eigenvalue weighted by Crippen LogP contribution is -2.45. The Morgan fingerprint density at radius 1 is 1.29 bits per heavy atom. The van der Waals surface area contributed by atoms with E-state index in [-0.39, 0.29) is 39.2 Å². The number of aromatic nitrogens is 1. The molecule has 2 heterocycles. The average molecular weight is 501 g/mol. The van der Waals surface area contributed by atoms with Crippen LogP contribution in [0.2, 0.25) is 5.02 Å². The largest absolute Gasteiger partial charge is 0.396 e. The van der Waals surface area contributed by atoms with Crippen molar-refractivity contribution in [3.05, 3.63) is 57.9 Å². The molecule has 0 bridgehead atoms. The molecule has 7 nitrogen and oxygen atoms in total. The van der Waals surface area contributed by atoms with Gasteiger partial charge in [0.15, 0.2) is 0 Å². The number of carbonyl (C=O) groups excluding carboxylic acids is 2. The minimum Gasteiger partial charge on any atom is -0.396 e. The molecule has 0 atom stereocenters. The number of nitrogens with one attached hydrogen (secondary N) is 1. The molecule has 180 valence electrons. The van der Waals surface area contributed by atoms with Crippen molar-refractivity contribution < 1.29 is 14.7 Å². The van der Waals surface area contributed by atoms with E-state index < -0.39 is 0 Å². The number of halogens is 1. The van der Waals surface area contributed by atoms with Gasteiger partial charge >= 0.3 is 0 Å². The van der Waals surface area contributed by atoms with Gasteiger partial charge in [-0.3, -0.25) is 9.59 Å². The molecule has 2 aromatic rings. The average Bonchev–Trinajstić information content (AvgIpc) is 3.41. The number of hydrogen-bond donors (Lipinski definition) is 2. The smallest absolute Gasteiger partial charge is 0.270 e. The third-order valence-electron chi connectivity index (χ3n) is 6.39. The van der Waals surface area contributed by atoms with E-state index in [1.807, 2.05) is 28.8 Å². The molecule has 1 saturated carbocycles. The summed E-state index contributed by atoms with van der Waals surface area (Å²) in [4.78, 5) is 28.2. The first kappa shape index (κ1) is 24.6. The number of hydrogen-bond acceptors (Lipinski definition) is 5. The van der Waals surface area contributed by atoms with E-state index in [0.717, 1.165) is 18.4 Å². The molecule has 2 amide bonds. The summed E-state index contributed by atoms with van der Waals surface area (Å²) in [6, 6.07) is 10.8. The van der Waals surface area contributed by atoms with Gasteiger partial charge in [0.25, 0.3) is 11.8 Å². The Balaban J connectivity index is 1.48. The molecule has 1 aromatic heterocycles. The van der Waals surface area contributed by atoms with Gasteiger partial charge in [-0.05, 0) is 43.0 Å². The van der Waals surface area contributed by atoms with Gasteiger partial charge in [0.1, 0.15) is 17.5 Å². The molecular weight excluding hydrogens is 472 g/mol. The lowest BCUT2D eigenvalue weighted by atomic mass is 10.1. The van der Waals surface area contributed by atoms with Crippen molar-refractivity contribution in [1.82, 2.24) is 14.8 Å². The second kappa shape index (κ2) is 9.65. The maximum Gasteiger partial charge on any atom is 0.270 e. The van der Waals surface area contributed by atoms with Crippen molar-refractivity contribution in [3.8, 4) is 6.07 Å². The molecule has 0 spiro atoms. The van der Waals surface area contributed by atoms with Gasteiger partial charge in [-0.15, -0.1) is 11.8 Å². The third-order valence-corrected chi connectivity index (χ3v) is 8.37. The molecule has 1 fully saturated rings. The van der Waals surface area contributed by atoms with E-state index in [0.29, 0.717) is 43.3 Å². The second-order valence-corrected chi connectivity index (χ2v) is 12.2. The Labute approximate surface area is 209 Å². The highest BCUT2D eigenvalue weighted by molar-refractivity contribution is 8.02. The number of benzene rings is 1. The number of amides is 2. The predicted molar refractivity (Wildman–Crippen MR) is 133 cm³/mol. The second-order valence-electron chi connectivity index (χ2n) is 9.61. The van der Waals surface area contributed by atoms with Crippen molar-refractivity contribution in [3.63, 3.8) is 0 Å². The van der Waals surface area contributed by atoms with Crippen molar-refractivity contribution in [2.75, 3.05) is 19.7 Å². The Kier molecular flexibility index (Phi) is 6.99. The Bertz CT molecular complexity index is 1130.